The fraction of sp³-hybridized carbons (Fsp3) is 0.650. The molecule has 9 heteroatoms. The lowest BCUT2D eigenvalue weighted by Crippen LogP contribution is -2.55. The van der Waals surface area contributed by atoms with E-state index in [2.05, 4.69) is 17.3 Å². The van der Waals surface area contributed by atoms with Gasteiger partial charge in [-0.15, -0.1) is 0 Å². The Balaban J connectivity index is 1.71. The summed E-state index contributed by atoms with van der Waals surface area (Å²) < 4.78 is 26.7. The molecular weight excluding hydrogens is 392 g/mol. The van der Waals surface area contributed by atoms with Crippen LogP contribution in [0.25, 0.3) is 0 Å². The molecule has 1 aromatic carbocycles. The minimum Gasteiger partial charge on any atom is -0.395 e. The molecule has 2 fully saturated rings. The first-order valence-corrected chi connectivity index (χ1v) is 11.6. The van der Waals surface area contributed by atoms with Gasteiger partial charge in [0, 0.05) is 45.3 Å². The molecule has 3 rings (SSSR count). The molecule has 8 nitrogen and oxygen atoms in total. The molecule has 2 N–H and O–H groups in total. The zero-order chi connectivity index (χ0) is 21.1. The second-order valence-corrected chi connectivity index (χ2v) is 10.1. The number of carbonyl (C=O) groups excluding carboxylic acids is 1. The van der Waals surface area contributed by atoms with Crippen LogP contribution in [0.15, 0.2) is 29.2 Å². The van der Waals surface area contributed by atoms with Crippen LogP contribution in [-0.4, -0.2) is 86.1 Å². The molecule has 2 heterocycles. The van der Waals surface area contributed by atoms with E-state index in [0.717, 1.165) is 49.6 Å². The number of likely N-dealkylation sites (N-methyl/N-ethyl adjacent to an activating group) is 1. The van der Waals surface area contributed by atoms with Gasteiger partial charge >= 0.3 is 6.03 Å². The molecule has 0 bridgehead atoms. The fourth-order valence-corrected chi connectivity index (χ4v) is 5.79. The van der Waals surface area contributed by atoms with Gasteiger partial charge in [0.05, 0.1) is 11.5 Å². The maximum Gasteiger partial charge on any atom is 0.318 e. The third kappa shape index (κ3) is 4.58. The molecule has 2 aliphatic rings. The third-order valence-electron chi connectivity index (χ3n) is 6.27. The summed E-state index contributed by atoms with van der Waals surface area (Å²) >= 11 is 0. The van der Waals surface area contributed by atoms with Crippen LogP contribution in [0.1, 0.15) is 31.2 Å². The number of nitrogens with zero attached hydrogens (tertiary/aromatic N) is 3. The number of rotatable bonds is 6. The number of benzene rings is 1. The highest BCUT2D eigenvalue weighted by molar-refractivity contribution is 7.89. The van der Waals surface area contributed by atoms with Crippen LogP contribution < -0.4 is 5.32 Å². The number of hydrogen-bond donors (Lipinski definition) is 2. The number of piperidine rings is 1. The summed E-state index contributed by atoms with van der Waals surface area (Å²) in [6.07, 6.45) is 4.00. The normalized spacial score (nSPS) is 19.8. The number of likely N-dealkylation sites (tertiary alicyclic amines) is 2. The minimum absolute atomic E-state index is 0.0216. The highest BCUT2D eigenvalue weighted by Crippen LogP contribution is 2.38. The van der Waals surface area contributed by atoms with E-state index < -0.39 is 10.0 Å². The van der Waals surface area contributed by atoms with Crippen molar-refractivity contribution in [2.45, 2.75) is 42.7 Å². The van der Waals surface area contributed by atoms with Crippen LogP contribution in [0, 0.1) is 0 Å². The van der Waals surface area contributed by atoms with Gasteiger partial charge in [-0.25, -0.2) is 13.2 Å². The number of urea groups is 1. The largest absolute Gasteiger partial charge is 0.395 e. The highest BCUT2D eigenvalue weighted by Gasteiger charge is 2.44. The molecule has 2 saturated heterocycles. The summed E-state index contributed by atoms with van der Waals surface area (Å²) in [7, 11) is -0.181. The van der Waals surface area contributed by atoms with Gasteiger partial charge in [0.2, 0.25) is 10.0 Å². The van der Waals surface area contributed by atoms with Gasteiger partial charge in [-0.05, 0) is 44.4 Å². The van der Waals surface area contributed by atoms with Crippen molar-refractivity contribution < 1.29 is 18.3 Å². The van der Waals surface area contributed by atoms with Gasteiger partial charge in [0.15, 0.2) is 0 Å². The molecule has 0 unspecified atom stereocenters. The van der Waals surface area contributed by atoms with Crippen LogP contribution in [-0.2, 0) is 16.6 Å². The van der Waals surface area contributed by atoms with E-state index in [-0.39, 0.29) is 36.2 Å². The average molecular weight is 425 g/mol. The quantitative estimate of drug-likeness (QED) is 0.713. The topological polar surface area (TPSA) is 93.2 Å². The van der Waals surface area contributed by atoms with Crippen molar-refractivity contribution in [2.75, 3.05) is 46.9 Å². The monoisotopic (exact) mass is 424 g/mol. The van der Waals surface area contributed by atoms with Crippen LogP contribution in [0.3, 0.4) is 0 Å². The van der Waals surface area contributed by atoms with Crippen molar-refractivity contribution in [2.24, 2.45) is 0 Å². The van der Waals surface area contributed by atoms with Gasteiger partial charge in [0.25, 0.3) is 0 Å². The molecule has 0 saturated carbocycles. The maximum absolute atomic E-state index is 13.0. The second kappa shape index (κ2) is 8.99. The Morgan fingerprint density at radius 1 is 1.21 bits per heavy atom. The smallest absolute Gasteiger partial charge is 0.318 e. The van der Waals surface area contributed by atoms with Crippen molar-refractivity contribution in [3.63, 3.8) is 0 Å². The predicted molar refractivity (Wildman–Crippen MR) is 111 cm³/mol. The first kappa shape index (κ1) is 22.0. The molecule has 1 spiro atoms. The standard InChI is InChI=1S/C20H32N4O4S/c1-22-12-9-20(10-13-22)8-5-11-24(20)19(26)21-16-17-6-3-4-7-18(17)29(27,28)23(2)14-15-25/h3-4,6-7,25H,5,8-16H2,1-2H3,(H,21,26). The number of sulfonamides is 1. The summed E-state index contributed by atoms with van der Waals surface area (Å²) in [5.41, 5.74) is 0.478. The summed E-state index contributed by atoms with van der Waals surface area (Å²) in [6.45, 7) is 2.64. The maximum atomic E-state index is 13.0. The van der Waals surface area contributed by atoms with E-state index in [1.54, 1.807) is 24.3 Å². The molecule has 0 radical (unpaired) electrons. The van der Waals surface area contributed by atoms with Crippen molar-refractivity contribution in [1.82, 2.24) is 19.4 Å². The Bertz CT molecular complexity index is 822. The number of carbonyl (C=O) groups is 1. The Hall–Kier alpha value is -1.68. The van der Waals surface area contributed by atoms with Crippen LogP contribution in [0.4, 0.5) is 4.79 Å². The number of amides is 2. The van der Waals surface area contributed by atoms with E-state index in [1.807, 2.05) is 4.90 Å². The van der Waals surface area contributed by atoms with Crippen LogP contribution in [0.2, 0.25) is 0 Å². The van der Waals surface area contributed by atoms with Crippen molar-refractivity contribution >= 4 is 16.1 Å². The molecule has 1 aromatic rings. The minimum atomic E-state index is -3.73. The molecule has 2 amide bonds. The van der Waals surface area contributed by atoms with Crippen molar-refractivity contribution in [3.8, 4) is 0 Å². The first-order valence-electron chi connectivity index (χ1n) is 10.2. The summed E-state index contributed by atoms with van der Waals surface area (Å²) in [4.78, 5) is 17.4. The molecule has 162 valence electrons. The Kier molecular flexibility index (Phi) is 6.83. The number of nitrogens with one attached hydrogen (secondary N) is 1. The van der Waals surface area contributed by atoms with Gasteiger partial charge < -0.3 is 20.2 Å². The van der Waals surface area contributed by atoms with E-state index in [9.17, 15) is 13.2 Å². The lowest BCUT2D eigenvalue weighted by molar-refractivity contribution is 0.0828. The third-order valence-corrected chi connectivity index (χ3v) is 8.22. The van der Waals surface area contributed by atoms with Gasteiger partial charge in [0.1, 0.15) is 0 Å². The predicted octanol–water partition coefficient (Wildman–Crippen LogP) is 1.07. The Morgan fingerprint density at radius 2 is 1.90 bits per heavy atom. The van der Waals surface area contributed by atoms with Crippen LogP contribution in [0.5, 0.6) is 0 Å². The van der Waals surface area contributed by atoms with E-state index in [4.69, 9.17) is 5.11 Å². The summed E-state index contributed by atoms with van der Waals surface area (Å²) in [6, 6.07) is 6.57. The number of hydrogen-bond acceptors (Lipinski definition) is 5. The molecule has 2 aliphatic heterocycles. The van der Waals surface area contributed by atoms with Gasteiger partial charge in [-0.2, -0.15) is 4.31 Å². The Morgan fingerprint density at radius 3 is 2.59 bits per heavy atom. The van der Waals surface area contributed by atoms with E-state index >= 15 is 0 Å². The zero-order valence-corrected chi connectivity index (χ0v) is 18.1. The van der Waals surface area contributed by atoms with Crippen molar-refractivity contribution in [3.05, 3.63) is 29.8 Å². The number of aliphatic hydroxyl groups excluding tert-OH is 1. The van der Waals surface area contributed by atoms with Crippen molar-refractivity contribution in [1.29, 1.82) is 0 Å². The van der Waals surface area contributed by atoms with Crippen LogP contribution >= 0.6 is 0 Å². The van der Waals surface area contributed by atoms with E-state index in [0.29, 0.717) is 5.56 Å². The molecule has 0 aliphatic carbocycles. The van der Waals surface area contributed by atoms with E-state index in [1.165, 1.54) is 7.05 Å². The fourth-order valence-electron chi connectivity index (χ4n) is 4.41. The average Bonchev–Trinajstić information content (AvgIpc) is 3.12. The molecule has 29 heavy (non-hydrogen) atoms. The van der Waals surface area contributed by atoms with Gasteiger partial charge in [-0.3, -0.25) is 0 Å². The molecular formula is C20H32N4O4S. The lowest BCUT2D eigenvalue weighted by atomic mass is 9.85. The highest BCUT2D eigenvalue weighted by atomic mass is 32.2. The summed E-state index contributed by atoms with van der Waals surface area (Å²) in [5.74, 6) is 0. The number of aliphatic hydroxyl groups is 1. The second-order valence-electron chi connectivity index (χ2n) is 8.10. The SMILES string of the molecule is CN1CCC2(CCCN2C(=O)NCc2ccccc2S(=O)(=O)N(C)CCO)CC1. The first-order chi connectivity index (χ1) is 13.8. The van der Waals surface area contributed by atoms with Gasteiger partial charge in [-0.1, -0.05) is 18.2 Å². The molecule has 0 atom stereocenters. The zero-order valence-electron chi connectivity index (χ0n) is 17.3. The molecule has 0 aromatic heterocycles. The lowest BCUT2D eigenvalue weighted by Gasteiger charge is -2.44. The summed E-state index contributed by atoms with van der Waals surface area (Å²) in [5, 5.41) is 12.0. The Labute approximate surface area is 173 Å².